The lowest BCUT2D eigenvalue weighted by Crippen LogP contribution is -2.32. The molecule has 148 valence electrons. The third-order valence-corrected chi connectivity index (χ3v) is 4.89. The highest BCUT2D eigenvalue weighted by atomic mass is 16.5. The van der Waals surface area contributed by atoms with Crippen LogP contribution in [-0.4, -0.2) is 50.7 Å². The second-order valence-electron chi connectivity index (χ2n) is 6.93. The molecule has 2 N–H and O–H groups in total. The molecule has 0 radical (unpaired) electrons. The van der Waals surface area contributed by atoms with Crippen molar-refractivity contribution in [2.75, 3.05) is 13.1 Å². The van der Waals surface area contributed by atoms with E-state index in [0.29, 0.717) is 31.0 Å². The molecule has 1 aliphatic rings. The molecular weight excluding hydrogens is 370 g/mol. The van der Waals surface area contributed by atoms with Gasteiger partial charge in [0.15, 0.2) is 0 Å². The summed E-state index contributed by atoms with van der Waals surface area (Å²) in [6, 6.07) is 14.8. The summed E-state index contributed by atoms with van der Waals surface area (Å²) in [6.45, 7) is 1.04. The van der Waals surface area contributed by atoms with E-state index in [9.17, 15) is 9.59 Å². The lowest BCUT2D eigenvalue weighted by Gasteiger charge is -2.17. The maximum Gasteiger partial charge on any atom is 0.272 e. The number of nitrogens with two attached hydrogens (primary N) is 1. The molecule has 1 aromatic carbocycles. The largest absolute Gasteiger partial charge is 0.488 e. The van der Waals surface area contributed by atoms with Crippen molar-refractivity contribution in [3.05, 3.63) is 66.1 Å². The number of ether oxygens (including phenoxy) is 1. The second kappa shape index (κ2) is 7.75. The van der Waals surface area contributed by atoms with E-state index in [4.69, 9.17) is 10.5 Å². The lowest BCUT2D eigenvalue weighted by atomic mass is 10.1. The molecule has 1 aliphatic heterocycles. The lowest BCUT2D eigenvalue weighted by molar-refractivity contribution is 0.0761. The number of amides is 2. The zero-order chi connectivity index (χ0) is 20.4. The van der Waals surface area contributed by atoms with E-state index in [1.54, 1.807) is 22.7 Å². The van der Waals surface area contributed by atoms with Crippen LogP contribution in [0.3, 0.4) is 0 Å². The number of pyridine rings is 1. The van der Waals surface area contributed by atoms with Gasteiger partial charge in [0.1, 0.15) is 23.2 Å². The Hall–Kier alpha value is -3.68. The van der Waals surface area contributed by atoms with E-state index < -0.39 is 5.91 Å². The smallest absolute Gasteiger partial charge is 0.272 e. The van der Waals surface area contributed by atoms with Crippen LogP contribution in [0.5, 0.6) is 5.75 Å². The summed E-state index contributed by atoms with van der Waals surface area (Å²) in [5, 5.41) is 4.47. The van der Waals surface area contributed by atoms with E-state index >= 15 is 0 Å². The van der Waals surface area contributed by atoms with E-state index in [2.05, 4.69) is 10.1 Å². The van der Waals surface area contributed by atoms with Crippen LogP contribution in [0, 0.1) is 0 Å². The normalized spacial score (nSPS) is 16.0. The summed E-state index contributed by atoms with van der Waals surface area (Å²) in [5.74, 6) is -0.176. The Balaban J connectivity index is 1.44. The molecule has 1 saturated heterocycles. The number of aromatic nitrogens is 3. The number of carbonyl (C=O) groups excluding carboxylic acids is 2. The first-order valence-electron chi connectivity index (χ1n) is 9.32. The number of carbonyl (C=O) groups is 2. The fourth-order valence-electron chi connectivity index (χ4n) is 3.40. The maximum absolute atomic E-state index is 13.0. The zero-order valence-electron chi connectivity index (χ0n) is 16.0. The number of rotatable bonds is 5. The van der Waals surface area contributed by atoms with Gasteiger partial charge in [0.2, 0.25) is 0 Å². The highest BCUT2D eigenvalue weighted by Gasteiger charge is 2.30. The summed E-state index contributed by atoms with van der Waals surface area (Å²) >= 11 is 0. The van der Waals surface area contributed by atoms with Crippen molar-refractivity contribution in [2.45, 2.75) is 12.5 Å². The van der Waals surface area contributed by atoms with Gasteiger partial charge >= 0.3 is 0 Å². The van der Waals surface area contributed by atoms with Crippen LogP contribution in [-0.2, 0) is 7.05 Å². The van der Waals surface area contributed by atoms with Crippen LogP contribution in [0.25, 0.3) is 11.3 Å². The van der Waals surface area contributed by atoms with E-state index in [-0.39, 0.29) is 17.7 Å². The fourth-order valence-corrected chi connectivity index (χ4v) is 3.40. The molecule has 3 aromatic rings. The Bertz CT molecular complexity index is 1050. The summed E-state index contributed by atoms with van der Waals surface area (Å²) in [4.78, 5) is 29.9. The first-order chi connectivity index (χ1) is 14.0. The van der Waals surface area contributed by atoms with Crippen LogP contribution in [0.1, 0.15) is 27.4 Å². The minimum atomic E-state index is -0.607. The molecular formula is C21H21N5O3. The molecule has 0 bridgehead atoms. The number of aryl methyl sites for hydroxylation is 1. The average molecular weight is 391 g/mol. The summed E-state index contributed by atoms with van der Waals surface area (Å²) < 4.78 is 7.54. The summed E-state index contributed by atoms with van der Waals surface area (Å²) in [7, 11) is 1.77. The number of benzene rings is 1. The molecule has 4 rings (SSSR count). The highest BCUT2D eigenvalue weighted by Crippen LogP contribution is 2.23. The fraction of sp³-hybridized carbons (Fsp3) is 0.238. The molecule has 29 heavy (non-hydrogen) atoms. The first kappa shape index (κ1) is 18.7. The second-order valence-corrected chi connectivity index (χ2v) is 6.93. The van der Waals surface area contributed by atoms with Gasteiger partial charge in [0.05, 0.1) is 12.2 Å². The van der Waals surface area contributed by atoms with E-state index in [1.807, 2.05) is 36.4 Å². The number of likely N-dealkylation sites (tertiary alicyclic amines) is 1. The zero-order valence-corrected chi connectivity index (χ0v) is 16.0. The third kappa shape index (κ3) is 3.96. The Morgan fingerprint density at radius 1 is 1.17 bits per heavy atom. The van der Waals surface area contributed by atoms with Gasteiger partial charge in [0.25, 0.3) is 11.8 Å². The minimum absolute atomic E-state index is 0.0826. The van der Waals surface area contributed by atoms with Crippen LogP contribution in [0.15, 0.2) is 54.7 Å². The Morgan fingerprint density at radius 3 is 2.72 bits per heavy atom. The van der Waals surface area contributed by atoms with Crippen LogP contribution in [0.4, 0.5) is 0 Å². The molecule has 0 saturated carbocycles. The topological polar surface area (TPSA) is 103 Å². The summed E-state index contributed by atoms with van der Waals surface area (Å²) in [6.07, 6.45) is 2.01. The molecule has 1 fully saturated rings. The van der Waals surface area contributed by atoms with Crippen LogP contribution in [0.2, 0.25) is 0 Å². The van der Waals surface area contributed by atoms with Crippen molar-refractivity contribution in [1.29, 1.82) is 0 Å². The molecule has 2 aromatic heterocycles. The quantitative estimate of drug-likeness (QED) is 0.715. The molecule has 1 unspecified atom stereocenters. The van der Waals surface area contributed by atoms with E-state index in [0.717, 1.165) is 11.3 Å². The third-order valence-electron chi connectivity index (χ3n) is 4.89. The van der Waals surface area contributed by atoms with Gasteiger partial charge in [-0.25, -0.2) is 0 Å². The molecule has 3 heterocycles. The number of nitrogens with zero attached hydrogens (tertiary/aromatic N) is 4. The van der Waals surface area contributed by atoms with Crippen molar-refractivity contribution in [2.24, 2.45) is 12.8 Å². The average Bonchev–Trinajstić information content (AvgIpc) is 3.35. The molecule has 0 spiro atoms. The van der Waals surface area contributed by atoms with Crippen molar-refractivity contribution in [3.8, 4) is 17.0 Å². The van der Waals surface area contributed by atoms with Gasteiger partial charge in [-0.2, -0.15) is 5.10 Å². The van der Waals surface area contributed by atoms with Gasteiger partial charge in [-0.15, -0.1) is 0 Å². The molecule has 8 nitrogen and oxygen atoms in total. The highest BCUT2D eigenvalue weighted by molar-refractivity contribution is 5.94. The number of hydrogen-bond acceptors (Lipinski definition) is 5. The SMILES string of the molecule is Cn1nc(-c2ccccc2)cc1C(=O)N1CCC(Oc2ccnc(C(N)=O)c2)C1. The Labute approximate surface area is 167 Å². The molecule has 1 atom stereocenters. The van der Waals surface area contributed by atoms with Crippen LogP contribution < -0.4 is 10.5 Å². The van der Waals surface area contributed by atoms with Crippen molar-refractivity contribution in [3.63, 3.8) is 0 Å². The number of primary amides is 1. The standard InChI is InChI=1S/C21H21N5O3/c1-25-19(12-17(24-25)14-5-3-2-4-6-14)21(28)26-10-8-16(13-26)29-15-7-9-23-18(11-15)20(22)27/h2-7,9,11-12,16H,8,10,13H2,1H3,(H2,22,27). The van der Waals surface area contributed by atoms with Crippen molar-refractivity contribution in [1.82, 2.24) is 19.7 Å². The predicted molar refractivity (Wildman–Crippen MR) is 106 cm³/mol. The maximum atomic E-state index is 13.0. The molecule has 8 heteroatoms. The number of hydrogen-bond donors (Lipinski definition) is 1. The Morgan fingerprint density at radius 2 is 1.97 bits per heavy atom. The minimum Gasteiger partial charge on any atom is -0.488 e. The van der Waals surface area contributed by atoms with E-state index in [1.165, 1.54) is 12.3 Å². The first-order valence-corrected chi connectivity index (χ1v) is 9.32. The predicted octanol–water partition coefficient (Wildman–Crippen LogP) is 1.87. The van der Waals surface area contributed by atoms with Gasteiger partial charge in [-0.3, -0.25) is 19.3 Å². The molecule has 0 aliphatic carbocycles. The van der Waals surface area contributed by atoms with Gasteiger partial charge in [-0.05, 0) is 12.1 Å². The molecule has 2 amide bonds. The summed E-state index contributed by atoms with van der Waals surface area (Å²) in [5.41, 5.74) is 7.67. The van der Waals surface area contributed by atoms with Crippen molar-refractivity contribution < 1.29 is 14.3 Å². The van der Waals surface area contributed by atoms with Gasteiger partial charge < -0.3 is 15.4 Å². The Kier molecular flexibility index (Phi) is 4.99. The van der Waals surface area contributed by atoms with Crippen LogP contribution >= 0.6 is 0 Å². The van der Waals surface area contributed by atoms with Gasteiger partial charge in [0, 0.05) is 37.8 Å². The van der Waals surface area contributed by atoms with Gasteiger partial charge in [-0.1, -0.05) is 30.3 Å². The monoisotopic (exact) mass is 391 g/mol. The van der Waals surface area contributed by atoms with Crippen molar-refractivity contribution >= 4 is 11.8 Å².